The van der Waals surface area contributed by atoms with Gasteiger partial charge < -0.3 is 9.84 Å². The fourth-order valence-corrected chi connectivity index (χ4v) is 1.54. The minimum atomic E-state index is -1.26. The summed E-state index contributed by atoms with van der Waals surface area (Å²) in [5, 5.41) is 8.69. The first kappa shape index (κ1) is 13.9. The molecule has 0 aliphatic heterocycles. The van der Waals surface area contributed by atoms with Crippen LogP contribution in [-0.2, 0) is 6.61 Å². The Bertz CT molecular complexity index is 656. The van der Waals surface area contributed by atoms with Gasteiger partial charge in [-0.05, 0) is 24.3 Å². The number of carboxylic acids is 1. The summed E-state index contributed by atoms with van der Waals surface area (Å²) < 4.78 is 44.8. The maximum absolute atomic E-state index is 13.6. The third-order valence-corrected chi connectivity index (χ3v) is 2.58. The first-order valence-corrected chi connectivity index (χ1v) is 5.57. The molecule has 0 unspecified atom stereocenters. The molecule has 20 heavy (non-hydrogen) atoms. The average Bonchev–Trinajstić information content (AvgIpc) is 2.40. The van der Waals surface area contributed by atoms with E-state index in [1.807, 2.05) is 0 Å². The van der Waals surface area contributed by atoms with Gasteiger partial charge in [0.1, 0.15) is 18.2 Å². The van der Waals surface area contributed by atoms with E-state index in [0.29, 0.717) is 0 Å². The van der Waals surface area contributed by atoms with Crippen molar-refractivity contribution in [2.45, 2.75) is 6.61 Å². The summed E-state index contributed by atoms with van der Waals surface area (Å²) >= 11 is 0. The van der Waals surface area contributed by atoms with E-state index >= 15 is 0 Å². The number of hydrogen-bond acceptors (Lipinski definition) is 2. The molecule has 104 valence electrons. The van der Waals surface area contributed by atoms with Gasteiger partial charge in [-0.3, -0.25) is 0 Å². The molecule has 0 heterocycles. The Morgan fingerprint density at radius 1 is 1.05 bits per heavy atom. The first-order chi connectivity index (χ1) is 9.47. The largest absolute Gasteiger partial charge is 0.486 e. The monoisotopic (exact) mass is 282 g/mol. The molecule has 0 radical (unpaired) electrons. The summed E-state index contributed by atoms with van der Waals surface area (Å²) in [5.41, 5.74) is -0.165. The van der Waals surface area contributed by atoms with Crippen molar-refractivity contribution in [3.8, 4) is 5.75 Å². The highest BCUT2D eigenvalue weighted by atomic mass is 19.1. The van der Waals surface area contributed by atoms with E-state index in [2.05, 4.69) is 0 Å². The molecule has 0 spiro atoms. The summed E-state index contributed by atoms with van der Waals surface area (Å²) in [6.45, 7) is -0.341. The lowest BCUT2D eigenvalue weighted by Gasteiger charge is -2.08. The molecule has 0 amide bonds. The van der Waals surface area contributed by atoms with E-state index in [4.69, 9.17) is 9.84 Å². The molecule has 0 bridgehead atoms. The number of ether oxygens (including phenoxy) is 1. The van der Waals surface area contributed by atoms with Crippen LogP contribution in [0.5, 0.6) is 5.75 Å². The van der Waals surface area contributed by atoms with Gasteiger partial charge in [0.15, 0.2) is 11.6 Å². The summed E-state index contributed by atoms with van der Waals surface area (Å²) in [5.74, 6) is -3.84. The zero-order valence-electron chi connectivity index (χ0n) is 10.1. The van der Waals surface area contributed by atoms with Gasteiger partial charge in [0, 0.05) is 11.6 Å². The Morgan fingerprint density at radius 2 is 1.80 bits per heavy atom. The molecule has 0 aliphatic rings. The van der Waals surface area contributed by atoms with Crippen LogP contribution in [-0.4, -0.2) is 11.1 Å². The summed E-state index contributed by atoms with van der Waals surface area (Å²) in [6, 6.07) is 5.93. The van der Waals surface area contributed by atoms with Crippen LogP contribution < -0.4 is 4.74 Å². The van der Waals surface area contributed by atoms with Crippen molar-refractivity contribution in [3.05, 3.63) is 65.0 Å². The minimum Gasteiger partial charge on any atom is -0.486 e. The molecule has 3 nitrogen and oxygen atoms in total. The fourth-order valence-electron chi connectivity index (χ4n) is 1.54. The number of carboxylic acid groups (broad SMARTS) is 1. The van der Waals surface area contributed by atoms with Crippen LogP contribution in [0.25, 0.3) is 0 Å². The molecule has 2 aromatic rings. The van der Waals surface area contributed by atoms with Crippen LogP contribution in [0.2, 0.25) is 0 Å². The molecule has 0 saturated heterocycles. The van der Waals surface area contributed by atoms with Gasteiger partial charge in [-0.15, -0.1) is 0 Å². The molecule has 6 heteroatoms. The van der Waals surface area contributed by atoms with Crippen molar-refractivity contribution in [2.75, 3.05) is 0 Å². The highest BCUT2D eigenvalue weighted by Gasteiger charge is 2.10. The number of benzene rings is 2. The normalized spacial score (nSPS) is 10.3. The molecule has 2 aromatic carbocycles. The molecule has 2 rings (SSSR count). The third-order valence-electron chi connectivity index (χ3n) is 2.58. The number of carbonyl (C=O) groups is 1. The Hall–Kier alpha value is -2.50. The standard InChI is InChI=1S/C14H9F3O3/c15-10-3-4-11(16)13(6-10)20-7-9-2-1-8(14(18)19)5-12(9)17/h1-6H,7H2,(H,18,19). The van der Waals surface area contributed by atoms with Gasteiger partial charge in [0.25, 0.3) is 0 Å². The number of hydrogen-bond donors (Lipinski definition) is 1. The quantitative estimate of drug-likeness (QED) is 0.935. The number of aromatic carboxylic acids is 1. The van der Waals surface area contributed by atoms with Crippen molar-refractivity contribution < 1.29 is 27.8 Å². The van der Waals surface area contributed by atoms with Crippen LogP contribution in [0.4, 0.5) is 13.2 Å². The predicted molar refractivity (Wildman–Crippen MR) is 64.0 cm³/mol. The maximum Gasteiger partial charge on any atom is 0.335 e. The SMILES string of the molecule is O=C(O)c1ccc(COc2cc(F)ccc2F)c(F)c1. The molecule has 1 N–H and O–H groups in total. The zero-order valence-corrected chi connectivity index (χ0v) is 10.1. The second-order valence-corrected chi connectivity index (χ2v) is 3.97. The van der Waals surface area contributed by atoms with E-state index in [9.17, 15) is 18.0 Å². The van der Waals surface area contributed by atoms with Gasteiger partial charge in [-0.2, -0.15) is 0 Å². The Kier molecular flexibility index (Phi) is 3.93. The fraction of sp³-hybridized carbons (Fsp3) is 0.0714. The average molecular weight is 282 g/mol. The van der Waals surface area contributed by atoms with Crippen molar-refractivity contribution in [2.24, 2.45) is 0 Å². The van der Waals surface area contributed by atoms with E-state index in [0.717, 1.165) is 24.3 Å². The van der Waals surface area contributed by atoms with Gasteiger partial charge in [-0.25, -0.2) is 18.0 Å². The van der Waals surface area contributed by atoms with Crippen molar-refractivity contribution >= 4 is 5.97 Å². The highest BCUT2D eigenvalue weighted by Crippen LogP contribution is 2.20. The van der Waals surface area contributed by atoms with Crippen LogP contribution in [0.3, 0.4) is 0 Å². The lowest BCUT2D eigenvalue weighted by Crippen LogP contribution is -2.03. The Balaban J connectivity index is 2.15. The second-order valence-electron chi connectivity index (χ2n) is 3.97. The van der Waals surface area contributed by atoms with Crippen LogP contribution in [0.1, 0.15) is 15.9 Å². The summed E-state index contributed by atoms with van der Waals surface area (Å²) in [7, 11) is 0. The molecular weight excluding hydrogens is 273 g/mol. The number of rotatable bonds is 4. The third kappa shape index (κ3) is 3.09. The first-order valence-electron chi connectivity index (χ1n) is 5.57. The predicted octanol–water partition coefficient (Wildman–Crippen LogP) is 3.38. The topological polar surface area (TPSA) is 46.5 Å². The molecule has 0 aromatic heterocycles. The van der Waals surface area contributed by atoms with Crippen LogP contribution >= 0.6 is 0 Å². The lowest BCUT2D eigenvalue weighted by atomic mass is 10.1. The van der Waals surface area contributed by atoms with Gasteiger partial charge in [0.05, 0.1) is 5.56 Å². The second kappa shape index (κ2) is 5.64. The molecule has 0 saturated carbocycles. The molecule has 0 aliphatic carbocycles. The Labute approximate surface area is 112 Å². The van der Waals surface area contributed by atoms with Crippen LogP contribution in [0.15, 0.2) is 36.4 Å². The molecular formula is C14H9F3O3. The minimum absolute atomic E-state index is 0.0404. The maximum atomic E-state index is 13.6. The van der Waals surface area contributed by atoms with E-state index in [1.165, 1.54) is 12.1 Å². The summed E-state index contributed by atoms with van der Waals surface area (Å²) in [6.07, 6.45) is 0. The van der Waals surface area contributed by atoms with E-state index in [-0.39, 0.29) is 23.5 Å². The number of halogens is 3. The molecule has 0 atom stereocenters. The van der Waals surface area contributed by atoms with Crippen molar-refractivity contribution in [1.82, 2.24) is 0 Å². The van der Waals surface area contributed by atoms with E-state index in [1.54, 1.807) is 0 Å². The van der Waals surface area contributed by atoms with Gasteiger partial charge in [0.2, 0.25) is 0 Å². The smallest absolute Gasteiger partial charge is 0.335 e. The van der Waals surface area contributed by atoms with Crippen molar-refractivity contribution in [3.63, 3.8) is 0 Å². The molecule has 0 fully saturated rings. The Morgan fingerprint density at radius 3 is 2.45 bits per heavy atom. The van der Waals surface area contributed by atoms with Gasteiger partial charge >= 0.3 is 5.97 Å². The highest BCUT2D eigenvalue weighted by molar-refractivity contribution is 5.87. The van der Waals surface area contributed by atoms with Crippen LogP contribution in [0, 0.1) is 17.5 Å². The summed E-state index contributed by atoms with van der Waals surface area (Å²) in [4.78, 5) is 10.6. The van der Waals surface area contributed by atoms with Crippen molar-refractivity contribution in [1.29, 1.82) is 0 Å². The lowest BCUT2D eigenvalue weighted by molar-refractivity contribution is 0.0696. The van der Waals surface area contributed by atoms with E-state index < -0.39 is 23.4 Å². The zero-order chi connectivity index (χ0) is 14.7. The van der Waals surface area contributed by atoms with Gasteiger partial charge in [-0.1, -0.05) is 6.07 Å².